The lowest BCUT2D eigenvalue weighted by atomic mass is 10.2. The van der Waals surface area contributed by atoms with Gasteiger partial charge in [0.25, 0.3) is 0 Å². The molecule has 1 aromatic carbocycles. The minimum Gasteiger partial charge on any atom is -0.444 e. The van der Waals surface area contributed by atoms with Gasteiger partial charge in [-0.1, -0.05) is 12.1 Å². The molecule has 0 spiro atoms. The van der Waals surface area contributed by atoms with Crippen molar-refractivity contribution in [3.05, 3.63) is 42.0 Å². The summed E-state index contributed by atoms with van der Waals surface area (Å²) in [4.78, 5) is 4.06. The van der Waals surface area contributed by atoms with Crippen molar-refractivity contribution < 1.29 is 13.9 Å². The number of halogens is 1. The Morgan fingerprint density at radius 1 is 1.33 bits per heavy atom. The molecule has 0 aliphatic rings. The topological polar surface area (TPSA) is 46.3 Å². The molecule has 3 nitrogen and oxygen atoms in total. The molecule has 0 amide bonds. The Hall–Kier alpha value is -1.68. The van der Waals surface area contributed by atoms with Gasteiger partial charge in [0.05, 0.1) is 11.3 Å². The van der Waals surface area contributed by atoms with Crippen molar-refractivity contribution in [1.29, 1.82) is 0 Å². The van der Waals surface area contributed by atoms with Gasteiger partial charge in [0.1, 0.15) is 12.1 Å². The van der Waals surface area contributed by atoms with Gasteiger partial charge in [0.15, 0.2) is 0 Å². The van der Waals surface area contributed by atoms with Gasteiger partial charge in [0.2, 0.25) is 5.89 Å². The lowest BCUT2D eigenvalue weighted by Crippen LogP contribution is -1.90. The van der Waals surface area contributed by atoms with Crippen LogP contribution in [0.15, 0.2) is 34.9 Å². The fourth-order valence-corrected chi connectivity index (χ4v) is 1.29. The van der Waals surface area contributed by atoms with Crippen molar-refractivity contribution in [3.63, 3.8) is 0 Å². The molecule has 2 aromatic rings. The lowest BCUT2D eigenvalue weighted by molar-refractivity contribution is 0.298. The quantitative estimate of drug-likeness (QED) is 0.837. The summed E-state index contributed by atoms with van der Waals surface area (Å²) < 4.78 is 18.4. The summed E-state index contributed by atoms with van der Waals surface area (Å²) in [5.74, 6) is -0.119. The number of benzene rings is 1. The van der Waals surface area contributed by atoms with Crippen LogP contribution in [0.4, 0.5) is 4.39 Å². The zero-order chi connectivity index (χ0) is 10.7. The Balaban J connectivity index is 2.33. The Kier molecular flexibility index (Phi) is 2.78. The molecule has 0 saturated heterocycles. The number of aliphatic hydroxyl groups excluding tert-OH is 1. The van der Waals surface area contributed by atoms with Crippen molar-refractivity contribution in [2.45, 2.75) is 6.42 Å². The van der Waals surface area contributed by atoms with E-state index in [9.17, 15) is 4.39 Å². The fraction of sp³-hybridized carbons (Fsp3) is 0.182. The molecule has 0 saturated carbocycles. The SMILES string of the molecule is OCCc1coc(-c2ccccc2F)n1. The predicted octanol–water partition coefficient (Wildman–Crippen LogP) is 2.02. The van der Waals surface area contributed by atoms with E-state index in [1.54, 1.807) is 18.2 Å². The van der Waals surface area contributed by atoms with Gasteiger partial charge in [-0.25, -0.2) is 9.37 Å². The van der Waals surface area contributed by atoms with Crippen molar-refractivity contribution in [2.75, 3.05) is 6.61 Å². The fourth-order valence-electron chi connectivity index (χ4n) is 1.29. The van der Waals surface area contributed by atoms with Gasteiger partial charge in [-0.05, 0) is 12.1 Å². The molecule has 1 heterocycles. The first kappa shape index (κ1) is 9.86. The molecule has 15 heavy (non-hydrogen) atoms. The number of aliphatic hydroxyl groups is 1. The van der Waals surface area contributed by atoms with Crippen LogP contribution in [0.1, 0.15) is 5.69 Å². The normalized spacial score (nSPS) is 10.5. The number of hydrogen-bond acceptors (Lipinski definition) is 3. The minimum absolute atomic E-state index is 0.00322. The maximum absolute atomic E-state index is 13.3. The summed E-state index contributed by atoms with van der Waals surface area (Å²) in [5, 5.41) is 8.70. The third kappa shape index (κ3) is 2.05. The summed E-state index contributed by atoms with van der Waals surface area (Å²) >= 11 is 0. The van der Waals surface area contributed by atoms with E-state index in [0.29, 0.717) is 17.7 Å². The summed E-state index contributed by atoms with van der Waals surface area (Å²) in [5.41, 5.74) is 0.956. The molecule has 0 atom stereocenters. The molecule has 78 valence electrons. The number of hydrogen-bond donors (Lipinski definition) is 1. The second-order valence-corrected chi connectivity index (χ2v) is 3.10. The van der Waals surface area contributed by atoms with E-state index in [4.69, 9.17) is 9.52 Å². The van der Waals surface area contributed by atoms with Crippen LogP contribution >= 0.6 is 0 Å². The second-order valence-electron chi connectivity index (χ2n) is 3.10. The average molecular weight is 207 g/mol. The summed E-state index contributed by atoms with van der Waals surface area (Å²) in [7, 11) is 0. The molecule has 0 aliphatic carbocycles. The van der Waals surface area contributed by atoms with Crippen LogP contribution in [0, 0.1) is 5.82 Å². The molecule has 0 fully saturated rings. The first-order chi connectivity index (χ1) is 7.31. The van der Waals surface area contributed by atoms with Crippen LogP contribution in [0.3, 0.4) is 0 Å². The van der Waals surface area contributed by atoms with Crippen LogP contribution < -0.4 is 0 Å². The lowest BCUT2D eigenvalue weighted by Gasteiger charge is -1.95. The largest absolute Gasteiger partial charge is 0.444 e. The average Bonchev–Trinajstić information content (AvgIpc) is 2.68. The maximum atomic E-state index is 13.3. The molecule has 0 bridgehead atoms. The molecule has 2 rings (SSSR count). The Morgan fingerprint density at radius 2 is 2.13 bits per heavy atom. The monoisotopic (exact) mass is 207 g/mol. The van der Waals surface area contributed by atoms with E-state index in [-0.39, 0.29) is 18.3 Å². The zero-order valence-corrected chi connectivity index (χ0v) is 7.98. The molecular weight excluding hydrogens is 197 g/mol. The van der Waals surface area contributed by atoms with Gasteiger partial charge >= 0.3 is 0 Å². The number of oxazole rings is 1. The highest BCUT2D eigenvalue weighted by Crippen LogP contribution is 2.21. The number of rotatable bonds is 3. The molecule has 4 heteroatoms. The van der Waals surface area contributed by atoms with Crippen LogP contribution in [-0.2, 0) is 6.42 Å². The van der Waals surface area contributed by atoms with Gasteiger partial charge in [-0.3, -0.25) is 0 Å². The van der Waals surface area contributed by atoms with E-state index in [1.165, 1.54) is 12.3 Å². The van der Waals surface area contributed by atoms with Gasteiger partial charge < -0.3 is 9.52 Å². The van der Waals surface area contributed by atoms with Crippen LogP contribution in [0.5, 0.6) is 0 Å². The first-order valence-electron chi connectivity index (χ1n) is 4.61. The van der Waals surface area contributed by atoms with Crippen LogP contribution in [-0.4, -0.2) is 16.7 Å². The van der Waals surface area contributed by atoms with Gasteiger partial charge in [0, 0.05) is 13.0 Å². The highest BCUT2D eigenvalue weighted by molar-refractivity contribution is 5.53. The van der Waals surface area contributed by atoms with E-state index in [1.807, 2.05) is 0 Å². The van der Waals surface area contributed by atoms with Gasteiger partial charge in [-0.15, -0.1) is 0 Å². The summed E-state index contributed by atoms with van der Waals surface area (Å²) in [6, 6.07) is 6.28. The Bertz CT molecular complexity index is 453. The maximum Gasteiger partial charge on any atom is 0.229 e. The van der Waals surface area contributed by atoms with Crippen molar-refractivity contribution in [1.82, 2.24) is 4.98 Å². The van der Waals surface area contributed by atoms with E-state index in [0.717, 1.165) is 0 Å². The molecule has 0 radical (unpaired) electrons. The summed E-state index contributed by atoms with van der Waals surface area (Å²) in [6.45, 7) is 0.00322. The smallest absolute Gasteiger partial charge is 0.229 e. The standard InChI is InChI=1S/C11H10FNO2/c12-10-4-2-1-3-9(10)11-13-8(5-6-14)7-15-11/h1-4,7,14H,5-6H2. The number of aromatic nitrogens is 1. The van der Waals surface area contributed by atoms with Gasteiger partial charge in [-0.2, -0.15) is 0 Å². The van der Waals surface area contributed by atoms with E-state index in [2.05, 4.69) is 4.98 Å². The van der Waals surface area contributed by atoms with Crippen molar-refractivity contribution in [3.8, 4) is 11.5 Å². The third-order valence-electron chi connectivity index (χ3n) is 2.02. The van der Waals surface area contributed by atoms with Crippen LogP contribution in [0.2, 0.25) is 0 Å². The minimum atomic E-state index is -0.366. The molecule has 1 aromatic heterocycles. The second kappa shape index (κ2) is 4.23. The predicted molar refractivity (Wildman–Crippen MR) is 52.7 cm³/mol. The number of nitrogens with zero attached hydrogens (tertiary/aromatic N) is 1. The molecule has 1 N–H and O–H groups in total. The van der Waals surface area contributed by atoms with Crippen LogP contribution in [0.25, 0.3) is 11.5 Å². The van der Waals surface area contributed by atoms with Crippen molar-refractivity contribution >= 4 is 0 Å². The molecular formula is C11H10FNO2. The third-order valence-corrected chi connectivity index (χ3v) is 2.02. The Labute approximate surface area is 86.2 Å². The Morgan fingerprint density at radius 3 is 2.87 bits per heavy atom. The first-order valence-corrected chi connectivity index (χ1v) is 4.61. The zero-order valence-electron chi connectivity index (χ0n) is 7.98. The van der Waals surface area contributed by atoms with Crippen molar-refractivity contribution in [2.24, 2.45) is 0 Å². The van der Waals surface area contributed by atoms with E-state index >= 15 is 0 Å². The van der Waals surface area contributed by atoms with E-state index < -0.39 is 0 Å². The highest BCUT2D eigenvalue weighted by atomic mass is 19.1. The molecule has 0 aliphatic heterocycles. The molecule has 0 unspecified atom stereocenters. The summed E-state index contributed by atoms with van der Waals surface area (Å²) in [6.07, 6.45) is 1.84. The highest BCUT2D eigenvalue weighted by Gasteiger charge is 2.10.